The number of benzene rings is 2. The van der Waals surface area contributed by atoms with Gasteiger partial charge in [0.15, 0.2) is 0 Å². The molecule has 4 heteroatoms. The van der Waals surface area contributed by atoms with Gasteiger partial charge in [-0.15, -0.1) is 0 Å². The normalized spacial score (nSPS) is 15.7. The molecule has 0 bridgehead atoms. The number of anilines is 1. The van der Waals surface area contributed by atoms with E-state index in [1.807, 2.05) is 30.3 Å². The van der Waals surface area contributed by atoms with Gasteiger partial charge in [-0.25, -0.2) is 4.39 Å². The van der Waals surface area contributed by atoms with Crippen LogP contribution in [0, 0.1) is 17.1 Å². The molecule has 0 saturated carbocycles. The van der Waals surface area contributed by atoms with Crippen molar-refractivity contribution in [2.45, 2.75) is 39.7 Å². The van der Waals surface area contributed by atoms with E-state index >= 15 is 4.39 Å². The van der Waals surface area contributed by atoms with Crippen molar-refractivity contribution in [1.82, 2.24) is 0 Å². The Bertz CT molecular complexity index is 995. The minimum Gasteiger partial charge on any atom is -0.362 e. The molecule has 0 fully saturated rings. The number of hydrogen-bond donors (Lipinski definition) is 0. The lowest BCUT2D eigenvalue weighted by Crippen LogP contribution is -2.45. The third-order valence-corrected chi connectivity index (χ3v) is 5.65. The average Bonchev–Trinajstić information content (AvgIpc) is 2.64. The lowest BCUT2D eigenvalue weighted by Gasteiger charge is -2.43. The zero-order valence-corrected chi connectivity index (χ0v) is 18.3. The van der Waals surface area contributed by atoms with Crippen molar-refractivity contribution >= 4 is 38.8 Å². The van der Waals surface area contributed by atoms with Crippen molar-refractivity contribution in [3.63, 3.8) is 0 Å². The van der Waals surface area contributed by atoms with Gasteiger partial charge in [0.25, 0.3) is 0 Å². The summed E-state index contributed by atoms with van der Waals surface area (Å²) in [4.78, 5) is 2.26. The first-order valence-electron chi connectivity index (χ1n) is 9.45. The Kier molecular flexibility index (Phi) is 5.76. The van der Waals surface area contributed by atoms with Crippen LogP contribution in [0.15, 0.2) is 46.9 Å². The van der Waals surface area contributed by atoms with Gasteiger partial charge in [0.1, 0.15) is 5.82 Å². The van der Waals surface area contributed by atoms with E-state index in [-0.39, 0.29) is 11.4 Å². The highest BCUT2D eigenvalue weighted by molar-refractivity contribution is 9.10. The molecule has 0 radical (unpaired) electrons. The fourth-order valence-corrected chi connectivity index (χ4v) is 4.09. The minimum atomic E-state index is -0.310. The van der Waals surface area contributed by atoms with Crippen LogP contribution in [0.2, 0.25) is 0 Å². The van der Waals surface area contributed by atoms with Gasteiger partial charge in [0.2, 0.25) is 0 Å². The van der Waals surface area contributed by atoms with Gasteiger partial charge in [-0.05, 0) is 68.7 Å². The fourth-order valence-electron chi connectivity index (χ4n) is 3.82. The maximum Gasteiger partial charge on any atom is 0.132 e. The lowest BCUT2D eigenvalue weighted by molar-refractivity contribution is 0.546. The molecule has 0 saturated heterocycles. The summed E-state index contributed by atoms with van der Waals surface area (Å²) in [6, 6.07) is 13.1. The molecule has 144 valence electrons. The van der Waals surface area contributed by atoms with Gasteiger partial charge in [0, 0.05) is 27.8 Å². The van der Waals surface area contributed by atoms with E-state index in [0.717, 1.165) is 39.8 Å². The molecule has 2 aromatic rings. The molecular weight excluding hydrogens is 415 g/mol. The number of hydrogen-bond acceptors (Lipinski definition) is 2. The van der Waals surface area contributed by atoms with Crippen LogP contribution in [0.1, 0.15) is 50.8 Å². The van der Waals surface area contributed by atoms with E-state index in [0.29, 0.717) is 11.1 Å². The zero-order chi connectivity index (χ0) is 20.5. The van der Waals surface area contributed by atoms with E-state index in [2.05, 4.69) is 60.7 Å². The SMILES string of the molecule is CCCN1c2cc(F)c(/C=C(\C#N)c3ccc(Br)cc3)cc2C(C)=CC1(C)C. The number of halogens is 2. The molecule has 0 N–H and O–H groups in total. The number of rotatable bonds is 4. The van der Waals surface area contributed by atoms with Gasteiger partial charge in [-0.3, -0.25) is 0 Å². The van der Waals surface area contributed by atoms with E-state index in [1.165, 1.54) is 0 Å². The maximum absolute atomic E-state index is 15.0. The quantitative estimate of drug-likeness (QED) is 0.377. The molecule has 0 aliphatic carbocycles. The second-order valence-electron chi connectivity index (χ2n) is 7.70. The molecule has 3 rings (SSSR count). The first kappa shape index (κ1) is 20.4. The molecule has 2 aromatic carbocycles. The van der Waals surface area contributed by atoms with E-state index in [4.69, 9.17) is 0 Å². The third kappa shape index (κ3) is 3.91. The Hall–Kier alpha value is -2.38. The first-order chi connectivity index (χ1) is 13.3. The summed E-state index contributed by atoms with van der Waals surface area (Å²) >= 11 is 3.40. The Balaban J connectivity index is 2.12. The summed E-state index contributed by atoms with van der Waals surface area (Å²) in [5, 5.41) is 9.60. The van der Waals surface area contributed by atoms with Gasteiger partial charge in [0.05, 0.1) is 17.2 Å². The zero-order valence-electron chi connectivity index (χ0n) is 16.7. The molecule has 1 heterocycles. The second kappa shape index (κ2) is 7.93. The third-order valence-electron chi connectivity index (χ3n) is 5.12. The number of nitrogens with zero attached hydrogens (tertiary/aromatic N) is 2. The predicted molar refractivity (Wildman–Crippen MR) is 119 cm³/mol. The van der Waals surface area contributed by atoms with Crippen molar-refractivity contribution in [1.29, 1.82) is 5.26 Å². The Morgan fingerprint density at radius 1 is 1.25 bits per heavy atom. The van der Waals surface area contributed by atoms with E-state index < -0.39 is 0 Å². The largest absolute Gasteiger partial charge is 0.362 e. The van der Waals surface area contributed by atoms with Crippen LogP contribution in [0.5, 0.6) is 0 Å². The average molecular weight is 439 g/mol. The van der Waals surface area contributed by atoms with Crippen LogP contribution in [-0.2, 0) is 0 Å². The number of fused-ring (bicyclic) bond motifs is 1. The van der Waals surface area contributed by atoms with Gasteiger partial charge in [-0.1, -0.05) is 41.1 Å². The highest BCUT2D eigenvalue weighted by atomic mass is 79.9. The Morgan fingerprint density at radius 2 is 1.93 bits per heavy atom. The van der Waals surface area contributed by atoms with Gasteiger partial charge < -0.3 is 4.90 Å². The standard InChI is InChI=1S/C24H24BrFN2/c1-5-10-28-23-13-22(26)18(12-21(23)16(2)14-24(28,3)4)11-19(15-27)17-6-8-20(25)9-7-17/h6-9,11-14H,5,10H2,1-4H3/b19-11+. The molecule has 0 aromatic heterocycles. The summed E-state index contributed by atoms with van der Waals surface area (Å²) in [6.45, 7) is 9.37. The van der Waals surface area contributed by atoms with Crippen molar-refractivity contribution in [2.75, 3.05) is 11.4 Å². The molecular formula is C24H24BrFN2. The lowest BCUT2D eigenvalue weighted by atomic mass is 9.87. The molecule has 0 amide bonds. The molecule has 1 aliphatic rings. The van der Waals surface area contributed by atoms with Crippen molar-refractivity contribution in [2.24, 2.45) is 0 Å². The van der Waals surface area contributed by atoms with Crippen molar-refractivity contribution in [3.05, 3.63) is 69.5 Å². The summed E-state index contributed by atoms with van der Waals surface area (Å²) < 4.78 is 16.0. The van der Waals surface area contributed by atoms with Crippen LogP contribution in [-0.4, -0.2) is 12.1 Å². The summed E-state index contributed by atoms with van der Waals surface area (Å²) in [7, 11) is 0. The van der Waals surface area contributed by atoms with Crippen LogP contribution in [0.25, 0.3) is 17.2 Å². The summed E-state index contributed by atoms with van der Waals surface area (Å²) in [6.07, 6.45) is 4.85. The fraction of sp³-hybridized carbons (Fsp3) is 0.292. The molecule has 0 unspecified atom stereocenters. The Labute approximate surface area is 175 Å². The molecule has 28 heavy (non-hydrogen) atoms. The van der Waals surface area contributed by atoms with Gasteiger partial charge in [-0.2, -0.15) is 5.26 Å². The van der Waals surface area contributed by atoms with Crippen LogP contribution >= 0.6 is 15.9 Å². The van der Waals surface area contributed by atoms with Gasteiger partial charge >= 0.3 is 0 Å². The highest BCUT2D eigenvalue weighted by Crippen LogP contribution is 2.40. The summed E-state index contributed by atoms with van der Waals surface area (Å²) in [5.74, 6) is -0.310. The van der Waals surface area contributed by atoms with Crippen molar-refractivity contribution in [3.8, 4) is 6.07 Å². The topological polar surface area (TPSA) is 27.0 Å². The Morgan fingerprint density at radius 3 is 2.54 bits per heavy atom. The monoisotopic (exact) mass is 438 g/mol. The smallest absolute Gasteiger partial charge is 0.132 e. The minimum absolute atomic E-state index is 0.161. The highest BCUT2D eigenvalue weighted by Gasteiger charge is 2.31. The van der Waals surface area contributed by atoms with Crippen LogP contribution in [0.3, 0.4) is 0 Å². The number of allylic oxidation sites excluding steroid dienone is 2. The van der Waals surface area contributed by atoms with E-state index in [1.54, 1.807) is 12.1 Å². The predicted octanol–water partition coefficient (Wildman–Crippen LogP) is 7.06. The molecule has 1 aliphatic heterocycles. The van der Waals surface area contributed by atoms with Crippen LogP contribution < -0.4 is 4.90 Å². The van der Waals surface area contributed by atoms with Crippen LogP contribution in [0.4, 0.5) is 10.1 Å². The first-order valence-corrected chi connectivity index (χ1v) is 10.2. The van der Waals surface area contributed by atoms with Crippen molar-refractivity contribution < 1.29 is 4.39 Å². The molecule has 0 spiro atoms. The van der Waals surface area contributed by atoms with E-state index in [9.17, 15) is 5.26 Å². The maximum atomic E-state index is 15.0. The molecule has 0 atom stereocenters. The molecule has 2 nitrogen and oxygen atoms in total. The summed E-state index contributed by atoms with van der Waals surface area (Å²) in [5.41, 5.74) is 4.55. The second-order valence-corrected chi connectivity index (χ2v) is 8.62. The number of nitriles is 1.